The Bertz CT molecular complexity index is 904. The van der Waals surface area contributed by atoms with Crippen LogP contribution >= 0.6 is 11.6 Å². The Labute approximate surface area is 152 Å². The molecule has 1 aliphatic rings. The molecule has 1 fully saturated rings. The van der Waals surface area contributed by atoms with E-state index >= 15 is 0 Å². The van der Waals surface area contributed by atoms with Crippen LogP contribution in [0.3, 0.4) is 0 Å². The van der Waals surface area contributed by atoms with E-state index in [2.05, 4.69) is 16.1 Å². The molecule has 0 unspecified atom stereocenters. The van der Waals surface area contributed by atoms with Crippen LogP contribution in [0.4, 0.5) is 5.82 Å². The molecule has 25 heavy (non-hydrogen) atoms. The summed E-state index contributed by atoms with van der Waals surface area (Å²) in [6.45, 7) is 4.89. The number of rotatable bonds is 3. The number of benzene rings is 1. The van der Waals surface area contributed by atoms with Gasteiger partial charge in [0, 0.05) is 36.2 Å². The maximum Gasteiger partial charge on any atom is 0.157 e. The van der Waals surface area contributed by atoms with Gasteiger partial charge in [0.15, 0.2) is 5.65 Å². The van der Waals surface area contributed by atoms with Crippen LogP contribution < -0.4 is 5.73 Å². The molecule has 6 heteroatoms. The Kier molecular flexibility index (Phi) is 4.36. The van der Waals surface area contributed by atoms with Crippen molar-refractivity contribution >= 4 is 23.1 Å². The molecule has 0 bridgehead atoms. The van der Waals surface area contributed by atoms with Crippen LogP contribution in [0.15, 0.2) is 36.4 Å². The minimum atomic E-state index is 0.388. The first-order valence-corrected chi connectivity index (χ1v) is 9.06. The lowest BCUT2D eigenvalue weighted by molar-refractivity contribution is 0.198. The number of nitrogens with two attached hydrogens (primary N) is 1. The number of halogens is 1. The molecule has 0 saturated carbocycles. The van der Waals surface area contributed by atoms with Crippen molar-refractivity contribution in [3.63, 3.8) is 0 Å². The second kappa shape index (κ2) is 6.65. The average Bonchev–Trinajstić information content (AvgIpc) is 2.98. The van der Waals surface area contributed by atoms with Gasteiger partial charge in [-0.15, -0.1) is 0 Å². The number of nitrogens with zero attached hydrogens (tertiary/aromatic N) is 4. The molecule has 0 aliphatic carbocycles. The molecule has 0 amide bonds. The van der Waals surface area contributed by atoms with Gasteiger partial charge in [0.1, 0.15) is 5.82 Å². The van der Waals surface area contributed by atoms with Crippen LogP contribution in [0.25, 0.3) is 5.65 Å². The molecule has 2 aromatic heterocycles. The Balaban J connectivity index is 1.56. The van der Waals surface area contributed by atoms with Crippen molar-refractivity contribution in [1.82, 2.24) is 19.5 Å². The molecule has 3 heterocycles. The van der Waals surface area contributed by atoms with Crippen LogP contribution in [-0.4, -0.2) is 32.6 Å². The number of aryl methyl sites for hydroxylation is 1. The van der Waals surface area contributed by atoms with E-state index in [1.807, 2.05) is 37.3 Å². The van der Waals surface area contributed by atoms with Gasteiger partial charge in [-0.05, 0) is 37.9 Å². The summed E-state index contributed by atoms with van der Waals surface area (Å²) in [7, 11) is 0. The quantitative estimate of drug-likeness (QED) is 0.779. The molecule has 4 rings (SSSR count). The highest BCUT2D eigenvalue weighted by Crippen LogP contribution is 2.29. The molecule has 1 saturated heterocycles. The van der Waals surface area contributed by atoms with Crippen molar-refractivity contribution in [2.45, 2.75) is 32.2 Å². The zero-order valence-corrected chi connectivity index (χ0v) is 15.1. The summed E-state index contributed by atoms with van der Waals surface area (Å²) in [5.41, 5.74) is 10.2. The molecule has 0 radical (unpaired) electrons. The minimum Gasteiger partial charge on any atom is -0.384 e. The Morgan fingerprint density at radius 1 is 1.28 bits per heavy atom. The predicted octanol–water partition coefficient (Wildman–Crippen LogP) is 3.65. The molecule has 5 nitrogen and oxygen atoms in total. The number of likely N-dealkylation sites (tertiary alicyclic amines) is 1. The zero-order valence-electron chi connectivity index (χ0n) is 14.3. The van der Waals surface area contributed by atoms with Crippen LogP contribution in [0.5, 0.6) is 0 Å². The fraction of sp³-hybridized carbons (Fsp3) is 0.368. The molecular formula is C19H22ClN5. The van der Waals surface area contributed by atoms with Crippen molar-refractivity contribution < 1.29 is 0 Å². The van der Waals surface area contributed by atoms with Crippen molar-refractivity contribution in [2.24, 2.45) is 0 Å². The number of fused-ring (bicyclic) bond motifs is 1. The van der Waals surface area contributed by atoms with Gasteiger partial charge in [0.05, 0.1) is 11.4 Å². The first kappa shape index (κ1) is 16.4. The minimum absolute atomic E-state index is 0.388. The van der Waals surface area contributed by atoms with E-state index in [9.17, 15) is 0 Å². The average molecular weight is 356 g/mol. The third-order valence-electron chi connectivity index (χ3n) is 4.87. The van der Waals surface area contributed by atoms with Gasteiger partial charge >= 0.3 is 0 Å². The largest absolute Gasteiger partial charge is 0.384 e. The molecule has 1 atom stereocenters. The summed E-state index contributed by atoms with van der Waals surface area (Å²) in [5.74, 6) is 1.04. The summed E-state index contributed by atoms with van der Waals surface area (Å²) in [5, 5.41) is 5.22. The van der Waals surface area contributed by atoms with Crippen LogP contribution in [0.1, 0.15) is 35.7 Å². The van der Waals surface area contributed by atoms with Crippen molar-refractivity contribution in [1.29, 1.82) is 0 Å². The van der Waals surface area contributed by atoms with Gasteiger partial charge in [0.25, 0.3) is 0 Å². The number of nitrogen functional groups attached to an aromatic ring is 1. The van der Waals surface area contributed by atoms with E-state index in [-0.39, 0.29) is 0 Å². The maximum atomic E-state index is 6.32. The molecule has 1 aromatic carbocycles. The second-order valence-electron chi connectivity index (χ2n) is 6.83. The predicted molar refractivity (Wildman–Crippen MR) is 101 cm³/mol. The number of anilines is 1. The summed E-state index contributed by atoms with van der Waals surface area (Å²) in [6, 6.07) is 12.0. The smallest absolute Gasteiger partial charge is 0.157 e. The summed E-state index contributed by atoms with van der Waals surface area (Å²) in [4.78, 5) is 7.26. The Hall–Kier alpha value is -2.11. The lowest BCUT2D eigenvalue weighted by Gasteiger charge is -2.32. The van der Waals surface area contributed by atoms with Crippen molar-refractivity contribution in [2.75, 3.05) is 18.8 Å². The third-order valence-corrected chi connectivity index (χ3v) is 5.24. The summed E-state index contributed by atoms with van der Waals surface area (Å²) in [6.07, 6.45) is 2.29. The molecule has 3 aromatic rings. The monoisotopic (exact) mass is 355 g/mol. The van der Waals surface area contributed by atoms with E-state index in [1.165, 1.54) is 5.56 Å². The topological polar surface area (TPSA) is 59.5 Å². The van der Waals surface area contributed by atoms with E-state index < -0.39 is 0 Å². The molecule has 130 valence electrons. The first-order chi connectivity index (χ1) is 12.1. The third kappa shape index (κ3) is 3.34. The summed E-state index contributed by atoms with van der Waals surface area (Å²) >= 11 is 6.32. The van der Waals surface area contributed by atoms with Crippen LogP contribution in [0.2, 0.25) is 5.02 Å². The van der Waals surface area contributed by atoms with E-state index in [4.69, 9.17) is 22.3 Å². The number of hydrogen-bond donors (Lipinski definition) is 1. The fourth-order valence-corrected chi connectivity index (χ4v) is 3.85. The Morgan fingerprint density at radius 3 is 2.96 bits per heavy atom. The highest BCUT2D eigenvalue weighted by molar-refractivity contribution is 6.31. The lowest BCUT2D eigenvalue weighted by Crippen LogP contribution is -2.34. The zero-order chi connectivity index (χ0) is 17.4. The number of aromatic nitrogens is 3. The van der Waals surface area contributed by atoms with Gasteiger partial charge in [-0.2, -0.15) is 9.61 Å². The second-order valence-corrected chi connectivity index (χ2v) is 7.23. The lowest BCUT2D eigenvalue weighted by atomic mass is 9.94. The van der Waals surface area contributed by atoms with Gasteiger partial charge in [-0.1, -0.05) is 29.8 Å². The van der Waals surface area contributed by atoms with E-state index in [0.717, 1.165) is 54.5 Å². The van der Waals surface area contributed by atoms with Crippen molar-refractivity contribution in [3.8, 4) is 0 Å². The van der Waals surface area contributed by atoms with Gasteiger partial charge in [-0.3, -0.25) is 4.90 Å². The molecule has 0 spiro atoms. The molecule has 2 N–H and O–H groups in total. The van der Waals surface area contributed by atoms with Gasteiger partial charge in [0.2, 0.25) is 0 Å². The number of hydrogen-bond acceptors (Lipinski definition) is 4. The molecular weight excluding hydrogens is 334 g/mol. The van der Waals surface area contributed by atoms with Crippen LogP contribution in [-0.2, 0) is 6.54 Å². The van der Waals surface area contributed by atoms with E-state index in [0.29, 0.717) is 11.7 Å². The number of piperidine rings is 1. The van der Waals surface area contributed by atoms with Crippen LogP contribution in [0, 0.1) is 6.92 Å². The Morgan fingerprint density at radius 2 is 2.12 bits per heavy atom. The normalized spacial score (nSPS) is 18.7. The van der Waals surface area contributed by atoms with E-state index in [1.54, 1.807) is 4.52 Å². The standard InChI is InChI=1S/C19H22ClN5/c1-13-9-19-22-17(10-18(21)25(19)23-13)15-6-4-8-24(12-15)11-14-5-2-3-7-16(14)20/h2-3,5,7,9-10,15H,4,6,8,11-12,21H2,1H3/t15-/m0/s1. The summed E-state index contributed by atoms with van der Waals surface area (Å²) < 4.78 is 1.71. The van der Waals surface area contributed by atoms with Gasteiger partial charge < -0.3 is 5.73 Å². The first-order valence-electron chi connectivity index (χ1n) is 8.69. The highest BCUT2D eigenvalue weighted by Gasteiger charge is 2.24. The highest BCUT2D eigenvalue weighted by atomic mass is 35.5. The SMILES string of the molecule is Cc1cc2nc([C@H]3CCCN(Cc4ccccc4Cl)C3)cc(N)n2n1. The molecule has 1 aliphatic heterocycles. The maximum absolute atomic E-state index is 6.32. The van der Waals surface area contributed by atoms with Crippen molar-refractivity contribution in [3.05, 3.63) is 58.4 Å². The van der Waals surface area contributed by atoms with Gasteiger partial charge in [-0.25, -0.2) is 4.98 Å². The fourth-order valence-electron chi connectivity index (χ4n) is 3.65.